The van der Waals surface area contributed by atoms with Gasteiger partial charge in [0, 0.05) is 26.3 Å². The van der Waals surface area contributed by atoms with Crippen LogP contribution in [-0.4, -0.2) is 59.8 Å². The Hall–Kier alpha value is -2.39. The number of rotatable bonds is 1. The molecule has 0 bridgehead atoms. The molecule has 1 aromatic rings. The zero-order chi connectivity index (χ0) is 15.2. The predicted molar refractivity (Wildman–Crippen MR) is 78.3 cm³/mol. The Kier molecular flexibility index (Phi) is 4.90. The summed E-state index contributed by atoms with van der Waals surface area (Å²) in [5.41, 5.74) is 6.17. The molecule has 1 aromatic heterocycles. The van der Waals surface area contributed by atoms with E-state index >= 15 is 0 Å². The molecule has 2 amide bonds. The molecule has 1 aliphatic heterocycles. The number of hydrogen-bond acceptors (Lipinski definition) is 4. The van der Waals surface area contributed by atoms with Gasteiger partial charge in [-0.05, 0) is 18.6 Å². The van der Waals surface area contributed by atoms with Crippen LogP contribution >= 0.6 is 0 Å². The van der Waals surface area contributed by atoms with Crippen LogP contribution in [0.5, 0.6) is 0 Å². The van der Waals surface area contributed by atoms with Crippen molar-refractivity contribution < 1.29 is 9.59 Å². The minimum atomic E-state index is -0.263. The number of aromatic nitrogens is 1. The maximum Gasteiger partial charge on any atom is 0.274 e. The van der Waals surface area contributed by atoms with Gasteiger partial charge in [-0.3, -0.25) is 9.59 Å². The summed E-state index contributed by atoms with van der Waals surface area (Å²) in [6, 6.07) is 3.45. The second kappa shape index (κ2) is 6.86. The van der Waals surface area contributed by atoms with Crippen molar-refractivity contribution in [2.75, 3.05) is 33.2 Å². The van der Waals surface area contributed by atoms with E-state index in [0.29, 0.717) is 18.7 Å². The summed E-state index contributed by atoms with van der Waals surface area (Å²) in [5, 5.41) is 0. The number of amides is 2. The summed E-state index contributed by atoms with van der Waals surface area (Å²) in [5.74, 6) is 5.24. The van der Waals surface area contributed by atoms with Gasteiger partial charge in [-0.1, -0.05) is 11.8 Å². The van der Waals surface area contributed by atoms with E-state index in [0.717, 1.165) is 6.42 Å². The van der Waals surface area contributed by atoms with Crippen molar-refractivity contribution in [3.8, 4) is 11.8 Å². The van der Waals surface area contributed by atoms with E-state index in [1.54, 1.807) is 30.3 Å². The lowest BCUT2D eigenvalue weighted by Gasteiger charge is -2.19. The van der Waals surface area contributed by atoms with Crippen molar-refractivity contribution >= 4 is 11.8 Å². The van der Waals surface area contributed by atoms with Crippen molar-refractivity contribution in [1.82, 2.24) is 14.8 Å². The minimum Gasteiger partial charge on any atom is -0.344 e. The number of pyridine rings is 1. The molecule has 0 unspecified atom stereocenters. The molecule has 1 aliphatic rings. The van der Waals surface area contributed by atoms with Gasteiger partial charge in [0.25, 0.3) is 5.91 Å². The number of nitrogens with two attached hydrogens (primary N) is 1. The molecule has 1 fully saturated rings. The highest BCUT2D eigenvalue weighted by Gasteiger charge is 2.25. The van der Waals surface area contributed by atoms with E-state index in [9.17, 15) is 9.59 Å². The quantitative estimate of drug-likeness (QED) is 0.719. The van der Waals surface area contributed by atoms with Crippen LogP contribution in [0.15, 0.2) is 18.3 Å². The number of hydrogen-bond donors (Lipinski definition) is 1. The molecule has 1 saturated heterocycles. The Balaban J connectivity index is 2.25. The fraction of sp³-hybridized carbons (Fsp3) is 0.400. The van der Waals surface area contributed by atoms with Gasteiger partial charge in [0.05, 0.1) is 12.1 Å². The second-order valence-electron chi connectivity index (χ2n) is 4.80. The van der Waals surface area contributed by atoms with Crippen molar-refractivity contribution in [2.45, 2.75) is 6.42 Å². The molecule has 2 heterocycles. The van der Waals surface area contributed by atoms with E-state index in [-0.39, 0.29) is 30.6 Å². The number of carbonyl (C=O) groups is 2. The van der Waals surface area contributed by atoms with Crippen LogP contribution < -0.4 is 5.73 Å². The Morgan fingerprint density at radius 1 is 1.48 bits per heavy atom. The number of likely N-dealkylation sites (N-methyl/N-ethyl adjacent to an activating group) is 1. The molecular formula is C15H18N4O2. The van der Waals surface area contributed by atoms with E-state index in [1.165, 1.54) is 4.90 Å². The average Bonchev–Trinajstić information content (AvgIpc) is 2.67. The van der Waals surface area contributed by atoms with Crippen molar-refractivity contribution in [3.05, 3.63) is 29.6 Å². The summed E-state index contributed by atoms with van der Waals surface area (Å²) in [6.07, 6.45) is 2.30. The van der Waals surface area contributed by atoms with Gasteiger partial charge in [0.15, 0.2) is 0 Å². The molecule has 0 aliphatic carbocycles. The Morgan fingerprint density at radius 3 is 3.05 bits per heavy atom. The summed E-state index contributed by atoms with van der Waals surface area (Å²) in [7, 11) is 1.75. The van der Waals surface area contributed by atoms with Crippen LogP contribution in [0.2, 0.25) is 0 Å². The Labute approximate surface area is 123 Å². The lowest BCUT2D eigenvalue weighted by Crippen LogP contribution is -2.38. The molecule has 6 heteroatoms. The van der Waals surface area contributed by atoms with E-state index in [4.69, 9.17) is 5.73 Å². The van der Waals surface area contributed by atoms with E-state index in [1.807, 2.05) is 0 Å². The molecule has 0 atom stereocenters. The minimum absolute atomic E-state index is 0.0635. The standard InChI is InChI=1S/C15H18N4O2/c1-18-9-4-10-19(11-13(18)20)15(21)14-12(5-2-7-16)6-3-8-17-14/h3,6,8H,4,7,9-11,16H2,1H3. The fourth-order valence-electron chi connectivity index (χ4n) is 2.13. The summed E-state index contributed by atoms with van der Waals surface area (Å²) in [6.45, 7) is 1.49. The van der Waals surface area contributed by atoms with E-state index < -0.39 is 0 Å². The SMILES string of the molecule is CN1CCCN(C(=O)c2ncccc2C#CCN)CC1=O. The van der Waals surface area contributed by atoms with Crippen LogP contribution in [-0.2, 0) is 4.79 Å². The van der Waals surface area contributed by atoms with Crippen LogP contribution in [0.3, 0.4) is 0 Å². The van der Waals surface area contributed by atoms with Gasteiger partial charge in [-0.25, -0.2) is 4.98 Å². The van der Waals surface area contributed by atoms with E-state index in [2.05, 4.69) is 16.8 Å². The fourth-order valence-corrected chi connectivity index (χ4v) is 2.13. The van der Waals surface area contributed by atoms with Crippen LogP contribution in [0.25, 0.3) is 0 Å². The first-order chi connectivity index (χ1) is 10.1. The highest BCUT2D eigenvalue weighted by molar-refractivity contribution is 5.97. The van der Waals surface area contributed by atoms with Crippen molar-refractivity contribution in [3.63, 3.8) is 0 Å². The van der Waals surface area contributed by atoms with Gasteiger partial charge >= 0.3 is 0 Å². The molecule has 0 spiro atoms. The maximum atomic E-state index is 12.6. The average molecular weight is 286 g/mol. The van der Waals surface area contributed by atoms with Crippen LogP contribution in [0, 0.1) is 11.8 Å². The first-order valence-electron chi connectivity index (χ1n) is 6.80. The molecule has 21 heavy (non-hydrogen) atoms. The number of carbonyl (C=O) groups excluding carboxylic acids is 2. The van der Waals surface area contributed by atoms with Gasteiger partial charge in [-0.2, -0.15) is 0 Å². The molecule has 0 radical (unpaired) electrons. The maximum absolute atomic E-state index is 12.6. The lowest BCUT2D eigenvalue weighted by molar-refractivity contribution is -0.129. The Morgan fingerprint density at radius 2 is 2.29 bits per heavy atom. The Bertz CT molecular complexity index is 603. The zero-order valence-corrected chi connectivity index (χ0v) is 12.0. The summed E-state index contributed by atoms with van der Waals surface area (Å²) >= 11 is 0. The third-order valence-electron chi connectivity index (χ3n) is 3.30. The molecule has 2 N–H and O–H groups in total. The predicted octanol–water partition coefficient (Wildman–Crippen LogP) is -0.304. The second-order valence-corrected chi connectivity index (χ2v) is 4.80. The summed E-state index contributed by atoms with van der Waals surface area (Å²) in [4.78, 5) is 31.8. The van der Waals surface area contributed by atoms with Gasteiger partial charge in [-0.15, -0.1) is 0 Å². The third kappa shape index (κ3) is 3.58. The van der Waals surface area contributed by atoms with Crippen LogP contribution in [0.4, 0.5) is 0 Å². The molecule has 0 aromatic carbocycles. The normalized spacial score (nSPS) is 15.2. The largest absolute Gasteiger partial charge is 0.344 e. The molecule has 110 valence electrons. The molecule has 2 rings (SSSR count). The topological polar surface area (TPSA) is 79.5 Å². The van der Waals surface area contributed by atoms with Crippen LogP contribution in [0.1, 0.15) is 22.5 Å². The third-order valence-corrected chi connectivity index (χ3v) is 3.30. The van der Waals surface area contributed by atoms with Crippen molar-refractivity contribution in [2.24, 2.45) is 5.73 Å². The first kappa shape index (κ1) is 15.0. The molecule has 0 saturated carbocycles. The zero-order valence-electron chi connectivity index (χ0n) is 12.0. The highest BCUT2D eigenvalue weighted by Crippen LogP contribution is 2.11. The monoisotopic (exact) mass is 286 g/mol. The summed E-state index contributed by atoms with van der Waals surface area (Å²) < 4.78 is 0. The first-order valence-corrected chi connectivity index (χ1v) is 6.80. The lowest BCUT2D eigenvalue weighted by atomic mass is 10.1. The van der Waals surface area contributed by atoms with Gasteiger partial charge in [0.1, 0.15) is 12.2 Å². The molecular weight excluding hydrogens is 268 g/mol. The van der Waals surface area contributed by atoms with Gasteiger partial charge < -0.3 is 15.5 Å². The molecule has 6 nitrogen and oxygen atoms in total. The highest BCUT2D eigenvalue weighted by atomic mass is 16.2. The smallest absolute Gasteiger partial charge is 0.274 e. The number of nitrogens with zero attached hydrogens (tertiary/aromatic N) is 3. The van der Waals surface area contributed by atoms with Gasteiger partial charge in [0.2, 0.25) is 5.91 Å². The van der Waals surface area contributed by atoms with Crippen molar-refractivity contribution in [1.29, 1.82) is 0 Å².